The molecule has 0 amide bonds. The molecule has 0 atom stereocenters. The van der Waals surface area contributed by atoms with Crippen LogP contribution in [0.4, 0.5) is 0 Å². The van der Waals surface area contributed by atoms with E-state index < -0.39 is 11.9 Å². The van der Waals surface area contributed by atoms with Crippen molar-refractivity contribution in [3.8, 4) is 0 Å². The second-order valence-corrected chi connectivity index (χ2v) is 10.9. The number of aliphatic carboxylic acids is 2. The maximum Gasteiger partial charge on any atom is 0.303 e. The lowest BCUT2D eigenvalue weighted by Gasteiger charge is -2.01. The average molecular weight is 565 g/mol. The molecule has 4 aromatic rings. The first-order valence-corrected chi connectivity index (χ1v) is 14.0. The minimum absolute atomic E-state index is 0.00645. The Labute approximate surface area is 243 Å². The number of carbonyl (C=O) groups is 2. The number of rotatable bonds is 8. The molecule has 0 aliphatic carbocycles. The van der Waals surface area contributed by atoms with Gasteiger partial charge in [-0.05, 0) is 98.2 Å². The van der Waals surface area contributed by atoms with Crippen LogP contribution in [-0.2, 0) is 22.4 Å². The van der Waals surface area contributed by atoms with E-state index in [1.807, 2.05) is 38.2 Å². The third-order valence-electron chi connectivity index (χ3n) is 8.38. The Morgan fingerprint density at radius 3 is 1.74 bits per heavy atom. The Kier molecular flexibility index (Phi) is 7.56. The maximum atomic E-state index is 11.5. The predicted molar refractivity (Wildman–Crippen MR) is 167 cm³/mol. The van der Waals surface area contributed by atoms with Crippen molar-refractivity contribution in [3.05, 3.63) is 102 Å². The normalized spacial score (nSPS) is 12.1. The van der Waals surface area contributed by atoms with Crippen molar-refractivity contribution in [2.24, 2.45) is 0 Å². The zero-order valence-corrected chi connectivity index (χ0v) is 24.4. The van der Waals surface area contributed by atoms with Gasteiger partial charge in [0.05, 0.1) is 0 Å². The van der Waals surface area contributed by atoms with Gasteiger partial charge in [0.2, 0.25) is 0 Å². The highest BCUT2D eigenvalue weighted by Gasteiger charge is 2.17. The minimum Gasteiger partial charge on any atom is -0.481 e. The molecule has 8 nitrogen and oxygen atoms in total. The summed E-state index contributed by atoms with van der Waals surface area (Å²) < 4.78 is 0. The van der Waals surface area contributed by atoms with Gasteiger partial charge in [0, 0.05) is 68.1 Å². The molecule has 0 aromatic carbocycles. The molecular weight excluding hydrogens is 528 g/mol. The van der Waals surface area contributed by atoms with Crippen LogP contribution < -0.4 is 21.4 Å². The summed E-state index contributed by atoms with van der Waals surface area (Å²) in [6.45, 7) is 16.2. The van der Waals surface area contributed by atoms with E-state index in [1.54, 1.807) is 0 Å². The molecule has 1 aliphatic heterocycles. The number of H-pyrrole nitrogens is 4. The lowest BCUT2D eigenvalue weighted by Crippen LogP contribution is -2.14. The van der Waals surface area contributed by atoms with Crippen LogP contribution in [0, 0.1) is 27.7 Å². The fourth-order valence-electron chi connectivity index (χ4n) is 5.93. The van der Waals surface area contributed by atoms with Gasteiger partial charge in [-0.1, -0.05) is 25.3 Å². The lowest BCUT2D eigenvalue weighted by molar-refractivity contribution is -0.138. The maximum absolute atomic E-state index is 11.5. The molecule has 0 fully saturated rings. The fourth-order valence-corrected chi connectivity index (χ4v) is 5.93. The Morgan fingerprint density at radius 1 is 0.595 bits per heavy atom. The number of fused-ring (bicyclic) bond motifs is 8. The SMILES string of the molecule is C=Cc1c2[nH]c(c1C)C=c1[nH]c(c(CCC(=O)O)c1C)=Cc1[nH]c(c(C)c1CCC(=O)O)C=c1[nH]c(c(C)c1C=C)=C2. The van der Waals surface area contributed by atoms with Crippen LogP contribution in [0.2, 0.25) is 0 Å². The Hall–Kier alpha value is -4.98. The van der Waals surface area contributed by atoms with Crippen molar-refractivity contribution >= 4 is 48.4 Å². The summed E-state index contributed by atoms with van der Waals surface area (Å²) in [7, 11) is 0. The van der Waals surface area contributed by atoms with E-state index >= 15 is 0 Å². The van der Waals surface area contributed by atoms with Crippen molar-refractivity contribution in [1.82, 2.24) is 19.9 Å². The van der Waals surface area contributed by atoms with E-state index in [9.17, 15) is 19.8 Å². The highest BCUT2D eigenvalue weighted by Crippen LogP contribution is 2.23. The number of carboxylic acids is 2. The molecule has 4 aromatic heterocycles. The van der Waals surface area contributed by atoms with Crippen molar-refractivity contribution in [2.45, 2.75) is 53.4 Å². The Morgan fingerprint density at radius 2 is 1.10 bits per heavy atom. The first-order valence-electron chi connectivity index (χ1n) is 14.0. The summed E-state index contributed by atoms with van der Waals surface area (Å²) in [5.74, 6) is -1.73. The number of hydrogen-bond donors (Lipinski definition) is 6. The van der Waals surface area contributed by atoms with Crippen LogP contribution in [0.25, 0.3) is 36.5 Å². The quantitative estimate of drug-likeness (QED) is 0.172. The summed E-state index contributed by atoms with van der Waals surface area (Å²) in [6, 6.07) is 0. The van der Waals surface area contributed by atoms with Crippen LogP contribution in [0.3, 0.4) is 0 Å². The molecule has 42 heavy (non-hydrogen) atoms. The van der Waals surface area contributed by atoms with Gasteiger partial charge < -0.3 is 30.1 Å². The molecular formula is C34H36N4O4. The third kappa shape index (κ3) is 5.11. The number of nitrogens with one attached hydrogen (secondary N) is 4. The van der Waals surface area contributed by atoms with Gasteiger partial charge in [-0.3, -0.25) is 9.59 Å². The van der Waals surface area contributed by atoms with Gasteiger partial charge in [0.1, 0.15) is 0 Å². The van der Waals surface area contributed by atoms with Crippen molar-refractivity contribution in [1.29, 1.82) is 0 Å². The van der Waals surface area contributed by atoms with Gasteiger partial charge >= 0.3 is 11.9 Å². The zero-order valence-electron chi connectivity index (χ0n) is 24.4. The van der Waals surface area contributed by atoms with E-state index in [0.29, 0.717) is 12.8 Å². The molecule has 5 rings (SSSR count). The second-order valence-electron chi connectivity index (χ2n) is 10.9. The molecule has 5 heterocycles. The predicted octanol–water partition coefficient (Wildman–Crippen LogP) is 3.18. The monoisotopic (exact) mass is 564 g/mol. The molecule has 0 saturated heterocycles. The third-order valence-corrected chi connectivity index (χ3v) is 8.38. The molecule has 1 aliphatic rings. The minimum atomic E-state index is -0.867. The van der Waals surface area contributed by atoms with Crippen molar-refractivity contribution < 1.29 is 19.8 Å². The topological polar surface area (TPSA) is 138 Å². The molecule has 8 bridgehead atoms. The number of aromatic nitrogens is 4. The van der Waals surface area contributed by atoms with Gasteiger partial charge in [0.15, 0.2) is 0 Å². The highest BCUT2D eigenvalue weighted by molar-refractivity contribution is 5.72. The standard InChI is InChI=1S/C34H36N4O4/c1-7-21-17(3)25-13-26-19(5)23(9-11-33(39)40)31(37-26)16-32-24(10-12-34(41)42)20(6)28(38-32)15-30-22(8-2)18(4)27(36-30)14-29(21)35-25/h7-8,13-16,35-38H,1-2,9-12H2,3-6H3,(H,39,40)(H,41,42). The van der Waals surface area contributed by atoms with Gasteiger partial charge in [0.25, 0.3) is 0 Å². The fraction of sp³-hybridized carbons (Fsp3) is 0.235. The Balaban J connectivity index is 1.92. The van der Waals surface area contributed by atoms with Crippen LogP contribution in [0.1, 0.15) is 80.1 Å². The van der Waals surface area contributed by atoms with E-state index in [0.717, 1.165) is 88.7 Å². The molecule has 8 heteroatoms. The van der Waals surface area contributed by atoms with Crippen LogP contribution in [0.5, 0.6) is 0 Å². The van der Waals surface area contributed by atoms with Crippen LogP contribution in [-0.4, -0.2) is 42.1 Å². The van der Waals surface area contributed by atoms with Gasteiger partial charge in [-0.25, -0.2) is 0 Å². The summed E-state index contributed by atoms with van der Waals surface area (Å²) >= 11 is 0. The number of carboxylic acid groups (broad SMARTS) is 2. The van der Waals surface area contributed by atoms with Crippen molar-refractivity contribution in [2.75, 3.05) is 0 Å². The van der Waals surface area contributed by atoms with Crippen molar-refractivity contribution in [3.63, 3.8) is 0 Å². The average Bonchev–Trinajstić information content (AvgIpc) is 3.59. The number of aromatic amines is 4. The van der Waals surface area contributed by atoms with Crippen LogP contribution in [0.15, 0.2) is 13.2 Å². The molecule has 0 unspecified atom stereocenters. The van der Waals surface area contributed by atoms with Gasteiger partial charge in [-0.2, -0.15) is 0 Å². The summed E-state index contributed by atoms with van der Waals surface area (Å²) in [6.07, 6.45) is 12.5. The smallest absolute Gasteiger partial charge is 0.303 e. The summed E-state index contributed by atoms with van der Waals surface area (Å²) in [4.78, 5) is 37.3. The number of hydrogen-bond acceptors (Lipinski definition) is 2. The van der Waals surface area contributed by atoms with Crippen LogP contribution >= 0.6 is 0 Å². The molecule has 6 N–H and O–H groups in total. The van der Waals surface area contributed by atoms with E-state index in [1.165, 1.54) is 0 Å². The molecule has 0 radical (unpaired) electrons. The van der Waals surface area contributed by atoms with E-state index in [-0.39, 0.29) is 12.8 Å². The Bertz CT molecular complexity index is 2020. The largest absolute Gasteiger partial charge is 0.481 e. The van der Waals surface area contributed by atoms with E-state index in [4.69, 9.17) is 0 Å². The second kappa shape index (κ2) is 11.1. The molecule has 0 spiro atoms. The first-order chi connectivity index (χ1) is 20.0. The highest BCUT2D eigenvalue weighted by atomic mass is 16.4. The van der Waals surface area contributed by atoms with Gasteiger partial charge in [-0.15, -0.1) is 0 Å². The lowest BCUT2D eigenvalue weighted by atomic mass is 10.0. The molecule has 216 valence electrons. The summed E-state index contributed by atoms with van der Waals surface area (Å²) in [5.41, 5.74) is 11.3. The first kappa shape index (κ1) is 28.5. The molecule has 0 saturated carbocycles. The summed E-state index contributed by atoms with van der Waals surface area (Å²) in [5, 5.41) is 22.4. The van der Waals surface area contributed by atoms with E-state index in [2.05, 4.69) is 59.1 Å². The zero-order chi connectivity index (χ0) is 30.3.